The van der Waals surface area contributed by atoms with Gasteiger partial charge in [0.15, 0.2) is 56.5 Å². The summed E-state index contributed by atoms with van der Waals surface area (Å²) in [7, 11) is 0. The van der Waals surface area contributed by atoms with Gasteiger partial charge in [0.25, 0.3) is 11.1 Å². The molecule has 296 valence electrons. The standard InChI is InChI=1S/C18H19F2N5O2S.C17H17F2N5O3S/c1-18(2,9-26)8-22-15-14-16(23-12(27)6-21-14)25-17(24-15)28-7-10-4-3-5-11(19)13(10)20;1-8(26)11(6-25)21-15-14-16(22-12(27)5-20-14)24-17(23-15)28-7-9-3-2-4-10(18)13(9)19/h3-6,26H,7-9H2,1-2H3,(H2,22,23,24,25,27);2-5,8,11,25-26H,6-7H2,1H3,(H2,21,22,23,24,27)/t;8-,11-/m.1/s1. The summed E-state index contributed by atoms with van der Waals surface area (Å²) in [5.74, 6) is -2.99. The molecule has 15 nitrogen and oxygen atoms in total. The molecule has 0 aliphatic rings. The summed E-state index contributed by atoms with van der Waals surface area (Å²) >= 11 is 2.13. The smallest absolute Gasteiger partial charge is 0.268 e. The number of nitrogens with one attached hydrogen (secondary N) is 4. The number of aliphatic hydroxyl groups excluding tert-OH is 3. The van der Waals surface area contributed by atoms with E-state index in [9.17, 15) is 42.5 Å². The van der Waals surface area contributed by atoms with Crippen LogP contribution in [0.2, 0.25) is 0 Å². The number of benzene rings is 2. The van der Waals surface area contributed by atoms with Gasteiger partial charge in [-0.3, -0.25) is 9.59 Å². The van der Waals surface area contributed by atoms with E-state index in [1.54, 1.807) is 0 Å². The number of rotatable bonds is 14. The highest BCUT2D eigenvalue weighted by Gasteiger charge is 2.20. The Morgan fingerprint density at radius 1 is 0.768 bits per heavy atom. The van der Waals surface area contributed by atoms with E-state index in [0.717, 1.165) is 48.1 Å². The van der Waals surface area contributed by atoms with Crippen molar-refractivity contribution in [3.8, 4) is 0 Å². The number of aromatic amines is 2. The third-order valence-corrected chi connectivity index (χ3v) is 9.66. The lowest BCUT2D eigenvalue weighted by atomic mass is 9.95. The van der Waals surface area contributed by atoms with Crippen LogP contribution in [0.1, 0.15) is 31.9 Å². The van der Waals surface area contributed by atoms with E-state index < -0.39 is 51.9 Å². The molecule has 56 heavy (non-hydrogen) atoms. The quantitative estimate of drug-likeness (QED) is 0.0466. The van der Waals surface area contributed by atoms with E-state index in [1.807, 2.05) is 13.8 Å². The maximum atomic E-state index is 13.9. The lowest BCUT2D eigenvalue weighted by Crippen LogP contribution is -2.35. The lowest BCUT2D eigenvalue weighted by Gasteiger charge is -2.22. The first-order chi connectivity index (χ1) is 26.7. The molecule has 0 radical (unpaired) electrons. The zero-order valence-electron chi connectivity index (χ0n) is 30.0. The monoisotopic (exact) mass is 816 g/mol. The summed E-state index contributed by atoms with van der Waals surface area (Å²) in [5.41, 5.74) is -0.00159. The first-order valence-electron chi connectivity index (χ1n) is 16.7. The highest BCUT2D eigenvalue weighted by molar-refractivity contribution is 7.98. The number of nitrogens with zero attached hydrogens (tertiary/aromatic N) is 6. The second-order valence-corrected chi connectivity index (χ2v) is 14.8. The van der Waals surface area contributed by atoms with Crippen LogP contribution in [0.4, 0.5) is 29.2 Å². The van der Waals surface area contributed by atoms with Crippen molar-refractivity contribution in [3.63, 3.8) is 0 Å². The zero-order chi connectivity index (χ0) is 40.6. The Morgan fingerprint density at radius 3 is 1.71 bits per heavy atom. The zero-order valence-corrected chi connectivity index (χ0v) is 31.6. The predicted octanol–water partition coefficient (Wildman–Crippen LogP) is 4.15. The molecule has 6 aromatic rings. The average Bonchev–Trinajstić information content (AvgIpc) is 3.16. The Bertz CT molecular complexity index is 2440. The molecule has 0 saturated carbocycles. The van der Waals surface area contributed by atoms with Gasteiger partial charge in [-0.25, -0.2) is 47.5 Å². The minimum absolute atomic E-state index is 0.0340. The van der Waals surface area contributed by atoms with E-state index >= 15 is 0 Å². The summed E-state index contributed by atoms with van der Waals surface area (Å²) in [6, 6.07) is 7.12. The molecule has 6 rings (SSSR count). The molecular formula is C35H36F4N10O5S2. The first kappa shape index (κ1) is 41.9. The third-order valence-electron chi connectivity index (χ3n) is 7.87. The molecule has 4 aromatic heterocycles. The first-order valence-corrected chi connectivity index (χ1v) is 18.7. The van der Waals surface area contributed by atoms with Gasteiger partial charge in [0.05, 0.1) is 31.1 Å². The Kier molecular flexibility index (Phi) is 13.9. The highest BCUT2D eigenvalue weighted by Crippen LogP contribution is 2.28. The lowest BCUT2D eigenvalue weighted by molar-refractivity contribution is 0.132. The van der Waals surface area contributed by atoms with Gasteiger partial charge < -0.3 is 35.9 Å². The molecule has 0 unspecified atom stereocenters. The summed E-state index contributed by atoms with van der Waals surface area (Å²) in [6.45, 7) is 5.24. The SMILES string of the molecule is CC(C)(CO)CNc1nc(SCc2cccc(F)c2F)nc2[nH]c(=O)cnc12.C[C@@H](O)[C@@H](CO)Nc1nc(SCc2cccc(F)c2F)nc2[nH]c(=O)cnc12. The number of halogens is 4. The minimum atomic E-state index is -0.948. The van der Waals surface area contributed by atoms with Crippen LogP contribution in [0.15, 0.2) is 68.7 Å². The topological polar surface area (TPSA) is 228 Å². The molecule has 21 heteroatoms. The number of thioether (sulfide) groups is 2. The molecule has 0 amide bonds. The van der Waals surface area contributed by atoms with Gasteiger partial charge in [-0.2, -0.15) is 0 Å². The summed E-state index contributed by atoms with van der Waals surface area (Å²) in [5, 5.41) is 35.0. The minimum Gasteiger partial charge on any atom is -0.396 e. The highest BCUT2D eigenvalue weighted by atomic mass is 32.2. The molecule has 7 N–H and O–H groups in total. The van der Waals surface area contributed by atoms with E-state index in [0.29, 0.717) is 17.9 Å². The summed E-state index contributed by atoms with van der Waals surface area (Å²) in [4.78, 5) is 53.5. The number of H-pyrrole nitrogens is 2. The van der Waals surface area contributed by atoms with Crippen LogP contribution in [0.3, 0.4) is 0 Å². The normalized spacial score (nSPS) is 12.6. The molecule has 2 aromatic carbocycles. The van der Waals surface area contributed by atoms with Crippen molar-refractivity contribution in [2.45, 2.75) is 54.7 Å². The van der Waals surface area contributed by atoms with Crippen molar-refractivity contribution in [2.75, 3.05) is 30.4 Å². The van der Waals surface area contributed by atoms with E-state index in [2.05, 4.69) is 50.5 Å². The summed E-state index contributed by atoms with van der Waals surface area (Å²) < 4.78 is 54.4. The summed E-state index contributed by atoms with van der Waals surface area (Å²) in [6.07, 6.45) is 1.29. The Hall–Kier alpha value is -5.22. The predicted molar refractivity (Wildman–Crippen MR) is 203 cm³/mol. The number of fused-ring (bicyclic) bond motifs is 2. The number of anilines is 2. The molecular weight excluding hydrogens is 781 g/mol. The molecule has 0 spiro atoms. The molecule has 0 saturated heterocycles. The molecule has 4 heterocycles. The fraction of sp³-hybridized carbons (Fsp3) is 0.314. The Morgan fingerprint density at radius 2 is 1.25 bits per heavy atom. The Labute approximate surface area is 323 Å². The fourth-order valence-corrected chi connectivity index (χ4v) is 6.30. The fourth-order valence-electron chi connectivity index (χ4n) is 4.66. The van der Waals surface area contributed by atoms with Gasteiger partial charge in [-0.05, 0) is 19.1 Å². The maximum absolute atomic E-state index is 13.9. The van der Waals surface area contributed by atoms with Crippen molar-refractivity contribution < 1.29 is 32.9 Å². The van der Waals surface area contributed by atoms with Crippen molar-refractivity contribution in [2.24, 2.45) is 5.41 Å². The molecule has 0 aliphatic heterocycles. The van der Waals surface area contributed by atoms with Crippen LogP contribution in [0.25, 0.3) is 22.3 Å². The van der Waals surface area contributed by atoms with Gasteiger partial charge >= 0.3 is 0 Å². The van der Waals surface area contributed by atoms with Crippen molar-refractivity contribution in [1.29, 1.82) is 0 Å². The maximum Gasteiger partial charge on any atom is 0.268 e. The molecule has 0 bridgehead atoms. The number of aliphatic hydroxyl groups is 3. The molecule has 2 atom stereocenters. The third kappa shape index (κ3) is 10.8. The van der Waals surface area contributed by atoms with Crippen LogP contribution in [-0.2, 0) is 11.5 Å². The van der Waals surface area contributed by atoms with E-state index in [4.69, 9.17) is 0 Å². The van der Waals surface area contributed by atoms with Crippen LogP contribution in [0, 0.1) is 28.7 Å². The second kappa shape index (κ2) is 18.6. The van der Waals surface area contributed by atoms with E-state index in [-0.39, 0.29) is 68.8 Å². The van der Waals surface area contributed by atoms with E-state index in [1.165, 1.54) is 31.2 Å². The number of hydrogen-bond donors (Lipinski definition) is 7. The van der Waals surface area contributed by atoms with Crippen LogP contribution >= 0.6 is 23.5 Å². The van der Waals surface area contributed by atoms with Crippen LogP contribution in [-0.4, -0.2) is 87.1 Å². The van der Waals surface area contributed by atoms with Crippen molar-refractivity contribution in [3.05, 3.63) is 104 Å². The van der Waals surface area contributed by atoms with Gasteiger partial charge in [-0.15, -0.1) is 0 Å². The Balaban J connectivity index is 0.000000214. The van der Waals surface area contributed by atoms with Gasteiger partial charge in [-0.1, -0.05) is 61.6 Å². The van der Waals surface area contributed by atoms with Gasteiger partial charge in [0.1, 0.15) is 11.0 Å². The molecule has 0 aliphatic carbocycles. The van der Waals surface area contributed by atoms with Crippen molar-refractivity contribution in [1.82, 2.24) is 39.9 Å². The van der Waals surface area contributed by atoms with Crippen LogP contribution < -0.4 is 21.8 Å². The van der Waals surface area contributed by atoms with Crippen LogP contribution in [0.5, 0.6) is 0 Å². The van der Waals surface area contributed by atoms with Crippen molar-refractivity contribution >= 4 is 57.5 Å². The van der Waals surface area contributed by atoms with Gasteiger partial charge in [0, 0.05) is 41.2 Å². The molecule has 0 fully saturated rings. The second-order valence-electron chi connectivity index (χ2n) is 13.0. The van der Waals surface area contributed by atoms with Gasteiger partial charge in [0.2, 0.25) is 0 Å². The average molecular weight is 817 g/mol. The number of hydrogen-bond acceptors (Lipinski definition) is 15. The largest absolute Gasteiger partial charge is 0.396 e. The number of aromatic nitrogens is 8.